The molecule has 0 spiro atoms. The number of carbonyl (C=O) groups is 2. The highest BCUT2D eigenvalue weighted by Crippen LogP contribution is 2.36. The first-order valence-corrected chi connectivity index (χ1v) is 6.28. The molecule has 1 saturated heterocycles. The number of hydrogen-bond donors (Lipinski definition) is 1. The summed E-state index contributed by atoms with van der Waals surface area (Å²) in [4.78, 5) is 24.5. The van der Waals surface area contributed by atoms with Crippen molar-refractivity contribution in [2.24, 2.45) is 11.8 Å². The molecule has 94 valence electrons. The van der Waals surface area contributed by atoms with Gasteiger partial charge in [-0.25, -0.2) is 0 Å². The van der Waals surface area contributed by atoms with E-state index < -0.39 is 5.97 Å². The molecule has 0 unspecified atom stereocenters. The predicted octanol–water partition coefficient (Wildman–Crippen LogP) is 1.67. The lowest BCUT2D eigenvalue weighted by atomic mass is 9.98. The summed E-state index contributed by atoms with van der Waals surface area (Å²) in [5.74, 6) is -0.591. The van der Waals surface area contributed by atoms with Crippen LogP contribution in [-0.2, 0) is 9.59 Å². The van der Waals surface area contributed by atoms with E-state index in [9.17, 15) is 9.59 Å². The van der Waals surface area contributed by atoms with Crippen molar-refractivity contribution in [3.63, 3.8) is 0 Å². The van der Waals surface area contributed by atoms with Crippen LogP contribution in [0, 0.1) is 11.8 Å². The number of nitrogens with zero attached hydrogens (tertiary/aromatic N) is 1. The van der Waals surface area contributed by atoms with Gasteiger partial charge in [0.2, 0.25) is 5.91 Å². The van der Waals surface area contributed by atoms with Crippen LogP contribution in [0.1, 0.15) is 32.6 Å². The Hall–Kier alpha value is -1.32. The fourth-order valence-electron chi connectivity index (χ4n) is 2.32. The van der Waals surface area contributed by atoms with Gasteiger partial charge in [0.05, 0.1) is 5.92 Å². The standard InChI is InChI=1S/C13H19NO3/c1-9(10-4-5-10)7-12(15)14-6-2-3-11(8-14)13(16)17/h7,10-11H,2-6,8H2,1H3,(H,16,17)/b9-7-/t11-/m1/s1. The summed E-state index contributed by atoms with van der Waals surface area (Å²) in [6.45, 7) is 3.05. The Morgan fingerprint density at radius 3 is 2.53 bits per heavy atom. The number of likely N-dealkylation sites (tertiary alicyclic amines) is 1. The summed E-state index contributed by atoms with van der Waals surface area (Å²) < 4.78 is 0. The van der Waals surface area contributed by atoms with Gasteiger partial charge < -0.3 is 10.0 Å². The third-order valence-corrected chi connectivity index (χ3v) is 3.65. The van der Waals surface area contributed by atoms with Crippen LogP contribution < -0.4 is 0 Å². The molecule has 1 atom stereocenters. The molecule has 4 nitrogen and oxygen atoms in total. The monoisotopic (exact) mass is 237 g/mol. The number of carboxylic acid groups (broad SMARTS) is 1. The van der Waals surface area contributed by atoms with Gasteiger partial charge in [0.15, 0.2) is 0 Å². The third kappa shape index (κ3) is 3.08. The lowest BCUT2D eigenvalue weighted by Crippen LogP contribution is -2.41. The SMILES string of the molecule is C/C(=C/C(=O)N1CCC[C@@H](C(=O)O)C1)C1CC1. The topological polar surface area (TPSA) is 57.6 Å². The zero-order valence-electron chi connectivity index (χ0n) is 10.2. The van der Waals surface area contributed by atoms with Crippen molar-refractivity contribution in [3.05, 3.63) is 11.6 Å². The van der Waals surface area contributed by atoms with Crippen LogP contribution in [0.2, 0.25) is 0 Å². The number of carboxylic acids is 1. The minimum Gasteiger partial charge on any atom is -0.481 e. The maximum atomic E-state index is 12.0. The number of amides is 1. The second kappa shape index (κ2) is 4.90. The van der Waals surface area contributed by atoms with Crippen molar-refractivity contribution < 1.29 is 14.7 Å². The Kier molecular flexibility index (Phi) is 3.50. The van der Waals surface area contributed by atoms with Crippen LogP contribution >= 0.6 is 0 Å². The molecule has 2 aliphatic rings. The number of piperidine rings is 1. The number of rotatable bonds is 3. The normalized spacial score (nSPS) is 25.8. The van der Waals surface area contributed by atoms with E-state index in [0.717, 1.165) is 12.0 Å². The van der Waals surface area contributed by atoms with E-state index in [2.05, 4.69) is 0 Å². The first-order valence-electron chi connectivity index (χ1n) is 6.28. The summed E-state index contributed by atoms with van der Waals surface area (Å²) in [6, 6.07) is 0. The van der Waals surface area contributed by atoms with Gasteiger partial charge in [-0.2, -0.15) is 0 Å². The van der Waals surface area contributed by atoms with Gasteiger partial charge in [0.25, 0.3) is 0 Å². The van der Waals surface area contributed by atoms with E-state index in [-0.39, 0.29) is 11.8 Å². The maximum absolute atomic E-state index is 12.0. The van der Waals surface area contributed by atoms with Crippen molar-refractivity contribution in [2.75, 3.05) is 13.1 Å². The van der Waals surface area contributed by atoms with Gasteiger partial charge in [-0.05, 0) is 38.5 Å². The summed E-state index contributed by atoms with van der Waals surface area (Å²) in [6.07, 6.45) is 5.55. The summed E-state index contributed by atoms with van der Waals surface area (Å²) in [5, 5.41) is 8.96. The molecule has 1 heterocycles. The van der Waals surface area contributed by atoms with Crippen molar-refractivity contribution in [3.8, 4) is 0 Å². The first kappa shape index (κ1) is 12.1. The zero-order valence-corrected chi connectivity index (χ0v) is 10.2. The second-order valence-electron chi connectivity index (χ2n) is 5.12. The molecule has 0 bridgehead atoms. The van der Waals surface area contributed by atoms with E-state index in [1.165, 1.54) is 12.8 Å². The average Bonchev–Trinajstić information content (AvgIpc) is 3.12. The van der Waals surface area contributed by atoms with Gasteiger partial charge in [0.1, 0.15) is 0 Å². The fraction of sp³-hybridized carbons (Fsp3) is 0.692. The molecule has 0 aromatic heterocycles. The Morgan fingerprint density at radius 2 is 1.94 bits per heavy atom. The Balaban J connectivity index is 1.94. The second-order valence-corrected chi connectivity index (χ2v) is 5.12. The molecule has 0 radical (unpaired) electrons. The number of allylic oxidation sites excluding steroid dienone is 1. The molecule has 4 heteroatoms. The van der Waals surface area contributed by atoms with Crippen LogP contribution in [0.3, 0.4) is 0 Å². The van der Waals surface area contributed by atoms with E-state index in [4.69, 9.17) is 5.11 Å². The fourth-order valence-corrected chi connectivity index (χ4v) is 2.32. The van der Waals surface area contributed by atoms with E-state index >= 15 is 0 Å². The highest BCUT2D eigenvalue weighted by Gasteiger charge is 2.28. The van der Waals surface area contributed by atoms with Gasteiger partial charge in [0, 0.05) is 19.2 Å². The molecule has 1 aliphatic carbocycles. The molecular formula is C13H19NO3. The minimum absolute atomic E-state index is 0.0136. The van der Waals surface area contributed by atoms with Gasteiger partial charge in [-0.15, -0.1) is 0 Å². The minimum atomic E-state index is -0.787. The van der Waals surface area contributed by atoms with Crippen LogP contribution in [0.15, 0.2) is 11.6 Å². The quantitative estimate of drug-likeness (QED) is 0.759. The van der Waals surface area contributed by atoms with Crippen LogP contribution in [0.25, 0.3) is 0 Å². The first-order chi connectivity index (χ1) is 8.08. The average molecular weight is 237 g/mol. The molecule has 1 N–H and O–H groups in total. The largest absolute Gasteiger partial charge is 0.481 e. The van der Waals surface area contributed by atoms with Crippen molar-refractivity contribution in [1.82, 2.24) is 4.90 Å². The van der Waals surface area contributed by atoms with Gasteiger partial charge >= 0.3 is 5.97 Å². The lowest BCUT2D eigenvalue weighted by molar-refractivity contribution is -0.144. The van der Waals surface area contributed by atoms with Crippen LogP contribution in [0.4, 0.5) is 0 Å². The molecule has 1 saturated carbocycles. The Labute approximate surface area is 101 Å². The lowest BCUT2D eigenvalue weighted by Gasteiger charge is -2.30. The van der Waals surface area contributed by atoms with Crippen LogP contribution in [0.5, 0.6) is 0 Å². The summed E-state index contributed by atoms with van der Waals surface area (Å²) >= 11 is 0. The maximum Gasteiger partial charge on any atom is 0.308 e. The number of hydrogen-bond acceptors (Lipinski definition) is 2. The molecule has 2 fully saturated rings. The summed E-state index contributed by atoms with van der Waals surface area (Å²) in [5.41, 5.74) is 1.15. The Bertz CT molecular complexity index is 358. The molecule has 1 aliphatic heterocycles. The predicted molar refractivity (Wildman–Crippen MR) is 63.4 cm³/mol. The molecule has 17 heavy (non-hydrogen) atoms. The third-order valence-electron chi connectivity index (χ3n) is 3.65. The molecular weight excluding hydrogens is 218 g/mol. The highest BCUT2D eigenvalue weighted by atomic mass is 16.4. The van der Waals surface area contributed by atoms with Gasteiger partial charge in [-0.1, -0.05) is 5.57 Å². The number of carbonyl (C=O) groups excluding carboxylic acids is 1. The summed E-state index contributed by atoms with van der Waals surface area (Å²) in [7, 11) is 0. The van der Waals surface area contributed by atoms with E-state index in [1.54, 1.807) is 11.0 Å². The van der Waals surface area contributed by atoms with Crippen molar-refractivity contribution >= 4 is 11.9 Å². The highest BCUT2D eigenvalue weighted by molar-refractivity contribution is 5.89. The van der Waals surface area contributed by atoms with Crippen molar-refractivity contribution in [2.45, 2.75) is 32.6 Å². The van der Waals surface area contributed by atoms with E-state index in [0.29, 0.717) is 25.4 Å². The zero-order chi connectivity index (χ0) is 12.4. The van der Waals surface area contributed by atoms with Gasteiger partial charge in [-0.3, -0.25) is 9.59 Å². The molecule has 1 amide bonds. The van der Waals surface area contributed by atoms with Crippen LogP contribution in [-0.4, -0.2) is 35.0 Å². The molecule has 0 aromatic rings. The molecule has 2 rings (SSSR count). The number of aliphatic carboxylic acids is 1. The Morgan fingerprint density at radius 1 is 1.24 bits per heavy atom. The van der Waals surface area contributed by atoms with E-state index in [1.807, 2.05) is 6.92 Å². The van der Waals surface area contributed by atoms with Crippen molar-refractivity contribution in [1.29, 1.82) is 0 Å². The molecule has 0 aromatic carbocycles. The smallest absolute Gasteiger partial charge is 0.308 e.